The molecule has 1 N–H and O–H groups in total. The Morgan fingerprint density at radius 3 is 2.48 bits per heavy atom. The standard InChI is InChI=1S/C16H16ClNO3/c1-3-21-15-10-11(4-9-14(15)20-2)16(19)18-13-7-5-12(17)6-8-13/h4-10H,3H2,1-2H3,(H,18,19). The lowest BCUT2D eigenvalue weighted by molar-refractivity contribution is 0.102. The first kappa shape index (κ1) is 15.2. The Hall–Kier alpha value is -2.20. The monoisotopic (exact) mass is 305 g/mol. The second-order valence-electron chi connectivity index (χ2n) is 4.26. The van der Waals surface area contributed by atoms with E-state index in [-0.39, 0.29) is 5.91 Å². The number of nitrogens with one attached hydrogen (secondary N) is 1. The van der Waals surface area contributed by atoms with E-state index in [2.05, 4.69) is 5.32 Å². The van der Waals surface area contributed by atoms with Crippen LogP contribution in [0.3, 0.4) is 0 Å². The molecule has 0 fully saturated rings. The Morgan fingerprint density at radius 2 is 1.86 bits per heavy atom. The predicted octanol–water partition coefficient (Wildman–Crippen LogP) is 4.00. The molecule has 0 aromatic heterocycles. The van der Waals surface area contributed by atoms with Crippen LogP contribution in [0.15, 0.2) is 42.5 Å². The first-order valence-electron chi connectivity index (χ1n) is 6.51. The lowest BCUT2D eigenvalue weighted by atomic mass is 10.2. The maximum absolute atomic E-state index is 12.2. The minimum atomic E-state index is -0.221. The zero-order valence-electron chi connectivity index (χ0n) is 11.9. The number of hydrogen-bond donors (Lipinski definition) is 1. The zero-order valence-corrected chi connectivity index (χ0v) is 12.6. The van der Waals surface area contributed by atoms with E-state index in [0.29, 0.717) is 34.4 Å². The number of halogens is 1. The van der Waals surface area contributed by atoms with Gasteiger partial charge in [0.2, 0.25) is 0 Å². The van der Waals surface area contributed by atoms with E-state index in [4.69, 9.17) is 21.1 Å². The molecule has 0 radical (unpaired) electrons. The van der Waals surface area contributed by atoms with Gasteiger partial charge in [-0.05, 0) is 49.4 Å². The SMILES string of the molecule is CCOc1cc(C(=O)Nc2ccc(Cl)cc2)ccc1OC. The van der Waals surface area contributed by atoms with Crippen molar-refractivity contribution in [3.05, 3.63) is 53.1 Å². The van der Waals surface area contributed by atoms with Crippen LogP contribution in [-0.2, 0) is 0 Å². The number of amides is 1. The summed E-state index contributed by atoms with van der Waals surface area (Å²) in [6.45, 7) is 2.37. The number of ether oxygens (including phenoxy) is 2. The molecule has 0 saturated carbocycles. The van der Waals surface area contributed by atoms with Gasteiger partial charge in [-0.2, -0.15) is 0 Å². The molecule has 0 heterocycles. The van der Waals surface area contributed by atoms with Crippen molar-refractivity contribution in [2.75, 3.05) is 19.0 Å². The molecule has 0 bridgehead atoms. The average Bonchev–Trinajstić information content (AvgIpc) is 2.50. The lowest BCUT2D eigenvalue weighted by Gasteiger charge is -2.11. The quantitative estimate of drug-likeness (QED) is 0.908. The van der Waals surface area contributed by atoms with E-state index >= 15 is 0 Å². The average molecular weight is 306 g/mol. The van der Waals surface area contributed by atoms with Gasteiger partial charge >= 0.3 is 0 Å². The molecule has 110 valence electrons. The maximum atomic E-state index is 12.2. The van der Waals surface area contributed by atoms with Gasteiger partial charge in [0, 0.05) is 16.3 Å². The molecule has 0 aliphatic heterocycles. The van der Waals surface area contributed by atoms with Crippen LogP contribution in [0.4, 0.5) is 5.69 Å². The summed E-state index contributed by atoms with van der Waals surface area (Å²) in [5.41, 5.74) is 1.17. The number of anilines is 1. The Balaban J connectivity index is 2.18. The third kappa shape index (κ3) is 3.89. The van der Waals surface area contributed by atoms with Crippen molar-refractivity contribution in [3.63, 3.8) is 0 Å². The normalized spacial score (nSPS) is 10.0. The highest BCUT2D eigenvalue weighted by molar-refractivity contribution is 6.30. The van der Waals surface area contributed by atoms with Crippen LogP contribution in [0, 0.1) is 0 Å². The smallest absolute Gasteiger partial charge is 0.255 e. The molecule has 2 rings (SSSR count). The Morgan fingerprint density at radius 1 is 1.14 bits per heavy atom. The molecule has 0 saturated heterocycles. The van der Waals surface area contributed by atoms with Crippen molar-refractivity contribution in [2.45, 2.75) is 6.92 Å². The number of benzene rings is 2. The highest BCUT2D eigenvalue weighted by Crippen LogP contribution is 2.28. The fourth-order valence-electron chi connectivity index (χ4n) is 1.82. The van der Waals surface area contributed by atoms with Gasteiger partial charge in [-0.15, -0.1) is 0 Å². The second kappa shape index (κ2) is 6.99. The van der Waals surface area contributed by atoms with Crippen LogP contribution in [0.25, 0.3) is 0 Å². The van der Waals surface area contributed by atoms with E-state index in [1.54, 1.807) is 49.6 Å². The van der Waals surface area contributed by atoms with E-state index < -0.39 is 0 Å². The molecule has 21 heavy (non-hydrogen) atoms. The summed E-state index contributed by atoms with van der Waals surface area (Å²) in [5.74, 6) is 0.921. The fourth-order valence-corrected chi connectivity index (χ4v) is 1.95. The predicted molar refractivity (Wildman–Crippen MR) is 83.6 cm³/mol. The van der Waals surface area contributed by atoms with Crippen molar-refractivity contribution >= 4 is 23.2 Å². The summed E-state index contributed by atoms with van der Waals surface area (Å²) in [5, 5.41) is 3.42. The molecule has 0 aliphatic rings. The molecule has 2 aromatic rings. The second-order valence-corrected chi connectivity index (χ2v) is 4.70. The number of hydrogen-bond acceptors (Lipinski definition) is 3. The van der Waals surface area contributed by atoms with Gasteiger partial charge < -0.3 is 14.8 Å². The fraction of sp³-hybridized carbons (Fsp3) is 0.188. The highest BCUT2D eigenvalue weighted by atomic mass is 35.5. The third-order valence-corrected chi connectivity index (χ3v) is 3.08. The number of methoxy groups -OCH3 is 1. The van der Waals surface area contributed by atoms with Crippen LogP contribution in [-0.4, -0.2) is 19.6 Å². The van der Waals surface area contributed by atoms with Crippen LogP contribution in [0.2, 0.25) is 5.02 Å². The van der Waals surface area contributed by atoms with Gasteiger partial charge in [0.1, 0.15) is 0 Å². The summed E-state index contributed by atoms with van der Waals surface area (Å²) >= 11 is 5.81. The summed E-state index contributed by atoms with van der Waals surface area (Å²) in [4.78, 5) is 12.2. The van der Waals surface area contributed by atoms with Crippen molar-refractivity contribution < 1.29 is 14.3 Å². The lowest BCUT2D eigenvalue weighted by Crippen LogP contribution is -2.12. The van der Waals surface area contributed by atoms with Crippen molar-refractivity contribution in [2.24, 2.45) is 0 Å². The Labute approximate surface area is 128 Å². The highest BCUT2D eigenvalue weighted by Gasteiger charge is 2.11. The van der Waals surface area contributed by atoms with Crippen molar-refractivity contribution in [1.29, 1.82) is 0 Å². The molecule has 0 spiro atoms. The number of rotatable bonds is 5. The number of carbonyl (C=O) groups is 1. The summed E-state index contributed by atoms with van der Waals surface area (Å²) in [6.07, 6.45) is 0. The van der Waals surface area contributed by atoms with E-state index in [0.717, 1.165) is 0 Å². The minimum absolute atomic E-state index is 0.221. The van der Waals surface area contributed by atoms with Gasteiger partial charge in [-0.25, -0.2) is 0 Å². The summed E-state index contributed by atoms with van der Waals surface area (Å²) in [6, 6.07) is 12.0. The molecule has 0 unspecified atom stereocenters. The van der Waals surface area contributed by atoms with Crippen LogP contribution >= 0.6 is 11.6 Å². The van der Waals surface area contributed by atoms with Crippen LogP contribution in [0.1, 0.15) is 17.3 Å². The third-order valence-electron chi connectivity index (χ3n) is 2.83. The summed E-state index contributed by atoms with van der Waals surface area (Å²) in [7, 11) is 1.56. The zero-order chi connectivity index (χ0) is 15.2. The van der Waals surface area contributed by atoms with Crippen molar-refractivity contribution in [3.8, 4) is 11.5 Å². The largest absolute Gasteiger partial charge is 0.493 e. The molecule has 1 amide bonds. The molecule has 5 heteroatoms. The maximum Gasteiger partial charge on any atom is 0.255 e. The van der Waals surface area contributed by atoms with E-state index in [1.165, 1.54) is 0 Å². The Bertz CT molecular complexity index is 626. The van der Waals surface area contributed by atoms with Gasteiger partial charge in [0.15, 0.2) is 11.5 Å². The molecule has 0 aliphatic carbocycles. The summed E-state index contributed by atoms with van der Waals surface area (Å²) < 4.78 is 10.7. The van der Waals surface area contributed by atoms with Crippen molar-refractivity contribution in [1.82, 2.24) is 0 Å². The molecule has 0 atom stereocenters. The number of carbonyl (C=O) groups excluding carboxylic acids is 1. The van der Waals surface area contributed by atoms with Gasteiger partial charge in [0.05, 0.1) is 13.7 Å². The minimum Gasteiger partial charge on any atom is -0.493 e. The Kier molecular flexibility index (Phi) is 5.06. The van der Waals surface area contributed by atoms with Gasteiger partial charge in [-0.1, -0.05) is 11.6 Å². The molecule has 2 aromatic carbocycles. The first-order valence-corrected chi connectivity index (χ1v) is 6.89. The van der Waals surface area contributed by atoms with E-state index in [9.17, 15) is 4.79 Å². The molecular weight excluding hydrogens is 290 g/mol. The molecule has 4 nitrogen and oxygen atoms in total. The topological polar surface area (TPSA) is 47.6 Å². The first-order chi connectivity index (χ1) is 10.1. The van der Waals surface area contributed by atoms with Gasteiger partial charge in [-0.3, -0.25) is 4.79 Å². The molecular formula is C16H16ClNO3. The van der Waals surface area contributed by atoms with E-state index in [1.807, 2.05) is 6.92 Å². The van der Waals surface area contributed by atoms with Gasteiger partial charge in [0.25, 0.3) is 5.91 Å². The van der Waals surface area contributed by atoms with Crippen LogP contribution in [0.5, 0.6) is 11.5 Å². The van der Waals surface area contributed by atoms with Crippen LogP contribution < -0.4 is 14.8 Å².